The Morgan fingerprint density at radius 3 is 2.71 bits per heavy atom. The molecule has 4 heteroatoms. The van der Waals surface area contributed by atoms with Gasteiger partial charge in [-0.15, -0.1) is 0 Å². The molecule has 0 aromatic heterocycles. The molecule has 0 aliphatic rings. The predicted molar refractivity (Wildman–Crippen MR) is 67.6 cm³/mol. The summed E-state index contributed by atoms with van der Waals surface area (Å²) < 4.78 is 5.47. The van der Waals surface area contributed by atoms with E-state index in [1.54, 1.807) is 0 Å². The first kappa shape index (κ1) is 13.7. The van der Waals surface area contributed by atoms with Gasteiger partial charge in [0.05, 0.1) is 13.2 Å². The second-order valence-corrected chi connectivity index (χ2v) is 3.76. The van der Waals surface area contributed by atoms with Gasteiger partial charge < -0.3 is 15.8 Å². The van der Waals surface area contributed by atoms with E-state index in [9.17, 15) is 4.79 Å². The van der Waals surface area contributed by atoms with E-state index in [2.05, 4.69) is 17.4 Å². The third-order valence-electron chi connectivity index (χ3n) is 2.35. The largest absolute Gasteiger partial charge is 0.381 e. The third kappa shape index (κ3) is 6.71. The molecule has 0 spiro atoms. The Balaban J connectivity index is 1.93. The summed E-state index contributed by atoms with van der Waals surface area (Å²) in [5, 5.41) is 2.70. The molecular weight excluding hydrogens is 216 g/mol. The Bertz CT molecular complexity index is 314. The summed E-state index contributed by atoms with van der Waals surface area (Å²) in [4.78, 5) is 10.8. The number of nitrogens with one attached hydrogen (secondary N) is 1. The van der Waals surface area contributed by atoms with Crippen molar-refractivity contribution in [1.29, 1.82) is 0 Å². The van der Waals surface area contributed by atoms with Gasteiger partial charge in [0.1, 0.15) is 0 Å². The Hall–Kier alpha value is -1.39. The molecule has 0 aliphatic heterocycles. The molecule has 0 saturated carbocycles. The van der Waals surface area contributed by atoms with E-state index < -0.39 is 0 Å². The topological polar surface area (TPSA) is 64.4 Å². The first-order chi connectivity index (χ1) is 8.33. The molecule has 0 atom stereocenters. The molecule has 0 unspecified atom stereocenters. The van der Waals surface area contributed by atoms with Crippen molar-refractivity contribution >= 4 is 5.91 Å². The highest BCUT2D eigenvalue weighted by atomic mass is 16.5. The average molecular weight is 236 g/mol. The predicted octanol–water partition coefficient (Wildman–Crippen LogP) is 0.711. The van der Waals surface area contributed by atoms with Gasteiger partial charge in [-0.2, -0.15) is 0 Å². The molecule has 17 heavy (non-hydrogen) atoms. The van der Waals surface area contributed by atoms with E-state index in [-0.39, 0.29) is 12.5 Å². The van der Waals surface area contributed by atoms with E-state index >= 15 is 0 Å². The zero-order valence-corrected chi connectivity index (χ0v) is 10.0. The van der Waals surface area contributed by atoms with Gasteiger partial charge in [0.15, 0.2) is 0 Å². The summed E-state index contributed by atoms with van der Waals surface area (Å²) in [5.41, 5.74) is 6.44. The van der Waals surface area contributed by atoms with Crippen LogP contribution in [0.2, 0.25) is 0 Å². The van der Waals surface area contributed by atoms with Crippen molar-refractivity contribution in [3.05, 3.63) is 35.9 Å². The van der Waals surface area contributed by atoms with Crippen LogP contribution in [0.25, 0.3) is 0 Å². The molecule has 94 valence electrons. The molecule has 1 aromatic rings. The second kappa shape index (κ2) is 8.73. The maximum atomic E-state index is 10.8. The summed E-state index contributed by atoms with van der Waals surface area (Å²) in [7, 11) is 0. The Labute approximate surface area is 102 Å². The molecule has 0 saturated heterocycles. The molecule has 0 heterocycles. The molecule has 1 amide bonds. The zero-order valence-electron chi connectivity index (χ0n) is 10.0. The minimum atomic E-state index is -0.116. The lowest BCUT2D eigenvalue weighted by Crippen LogP contribution is -2.31. The van der Waals surface area contributed by atoms with Crippen LogP contribution in [0, 0.1) is 0 Å². The normalized spacial score (nSPS) is 10.2. The zero-order chi connectivity index (χ0) is 12.3. The Morgan fingerprint density at radius 2 is 2.00 bits per heavy atom. The second-order valence-electron chi connectivity index (χ2n) is 3.76. The maximum absolute atomic E-state index is 10.8. The van der Waals surface area contributed by atoms with Crippen LogP contribution in [-0.4, -0.2) is 32.2 Å². The number of nitrogens with two attached hydrogens (primary N) is 1. The monoisotopic (exact) mass is 236 g/mol. The van der Waals surface area contributed by atoms with E-state index in [1.807, 2.05) is 18.2 Å². The third-order valence-corrected chi connectivity index (χ3v) is 2.35. The van der Waals surface area contributed by atoms with Crippen molar-refractivity contribution in [3.63, 3.8) is 0 Å². The van der Waals surface area contributed by atoms with Gasteiger partial charge in [0.25, 0.3) is 0 Å². The van der Waals surface area contributed by atoms with Crippen LogP contribution in [0.15, 0.2) is 30.3 Å². The van der Waals surface area contributed by atoms with Crippen LogP contribution in [0.3, 0.4) is 0 Å². The Kier molecular flexibility index (Phi) is 7.02. The van der Waals surface area contributed by atoms with E-state index in [0.29, 0.717) is 13.2 Å². The molecule has 1 aromatic carbocycles. The number of carbonyl (C=O) groups is 1. The fourth-order valence-corrected chi connectivity index (χ4v) is 1.41. The molecule has 3 N–H and O–H groups in total. The van der Waals surface area contributed by atoms with Crippen molar-refractivity contribution < 1.29 is 9.53 Å². The van der Waals surface area contributed by atoms with Crippen molar-refractivity contribution in [2.24, 2.45) is 5.73 Å². The Morgan fingerprint density at radius 1 is 1.24 bits per heavy atom. The first-order valence-corrected chi connectivity index (χ1v) is 5.91. The molecular formula is C13H20N2O2. The van der Waals surface area contributed by atoms with E-state index in [4.69, 9.17) is 10.5 Å². The van der Waals surface area contributed by atoms with Gasteiger partial charge in [-0.3, -0.25) is 4.79 Å². The number of ether oxygens (including phenoxy) is 1. The van der Waals surface area contributed by atoms with Gasteiger partial charge in [0, 0.05) is 13.2 Å². The maximum Gasteiger partial charge on any atom is 0.233 e. The highest BCUT2D eigenvalue weighted by Gasteiger charge is 1.96. The lowest BCUT2D eigenvalue weighted by molar-refractivity contribution is -0.119. The van der Waals surface area contributed by atoms with Gasteiger partial charge in [-0.05, 0) is 18.4 Å². The van der Waals surface area contributed by atoms with Crippen LogP contribution < -0.4 is 11.1 Å². The fourth-order valence-electron chi connectivity index (χ4n) is 1.41. The van der Waals surface area contributed by atoms with Crippen molar-refractivity contribution in [2.75, 3.05) is 26.3 Å². The number of hydrogen-bond acceptors (Lipinski definition) is 3. The van der Waals surface area contributed by atoms with Crippen molar-refractivity contribution in [2.45, 2.75) is 12.8 Å². The minimum absolute atomic E-state index is 0.0505. The van der Waals surface area contributed by atoms with Crippen molar-refractivity contribution in [3.8, 4) is 0 Å². The number of benzene rings is 1. The van der Waals surface area contributed by atoms with Crippen LogP contribution in [-0.2, 0) is 16.0 Å². The van der Waals surface area contributed by atoms with Gasteiger partial charge in [-0.1, -0.05) is 30.3 Å². The highest BCUT2D eigenvalue weighted by molar-refractivity contribution is 5.77. The molecule has 0 radical (unpaired) electrons. The molecule has 0 fully saturated rings. The molecule has 0 bridgehead atoms. The number of amides is 1. The van der Waals surface area contributed by atoms with Crippen LogP contribution in [0.5, 0.6) is 0 Å². The fraction of sp³-hybridized carbons (Fsp3) is 0.462. The number of hydrogen-bond donors (Lipinski definition) is 2. The summed E-state index contributed by atoms with van der Waals surface area (Å²) in [6.45, 7) is 2.06. The van der Waals surface area contributed by atoms with Crippen molar-refractivity contribution in [1.82, 2.24) is 5.32 Å². The average Bonchev–Trinajstić information content (AvgIpc) is 2.38. The summed E-state index contributed by atoms with van der Waals surface area (Å²) in [5.74, 6) is -0.116. The summed E-state index contributed by atoms with van der Waals surface area (Å²) >= 11 is 0. The van der Waals surface area contributed by atoms with E-state index in [0.717, 1.165) is 19.4 Å². The highest BCUT2D eigenvalue weighted by Crippen LogP contribution is 1.99. The number of rotatable bonds is 8. The summed E-state index contributed by atoms with van der Waals surface area (Å²) in [6, 6.07) is 10.2. The smallest absolute Gasteiger partial charge is 0.233 e. The van der Waals surface area contributed by atoms with E-state index in [1.165, 1.54) is 5.56 Å². The lowest BCUT2D eigenvalue weighted by atomic mass is 10.2. The SMILES string of the molecule is NCC(=O)NCCCOCCc1ccccc1. The van der Waals surface area contributed by atoms with Gasteiger partial charge in [0.2, 0.25) is 5.91 Å². The first-order valence-electron chi connectivity index (χ1n) is 5.91. The molecule has 1 rings (SSSR count). The van der Waals surface area contributed by atoms with Crippen LogP contribution >= 0.6 is 0 Å². The quantitative estimate of drug-likeness (QED) is 0.653. The lowest BCUT2D eigenvalue weighted by Gasteiger charge is -2.05. The van der Waals surface area contributed by atoms with Gasteiger partial charge >= 0.3 is 0 Å². The number of carbonyl (C=O) groups excluding carboxylic acids is 1. The van der Waals surface area contributed by atoms with Crippen LogP contribution in [0.4, 0.5) is 0 Å². The standard InChI is InChI=1S/C13H20N2O2/c14-11-13(16)15-8-4-9-17-10-7-12-5-2-1-3-6-12/h1-3,5-6H,4,7-11,14H2,(H,15,16). The minimum Gasteiger partial charge on any atom is -0.381 e. The molecule has 4 nitrogen and oxygen atoms in total. The van der Waals surface area contributed by atoms with Gasteiger partial charge in [-0.25, -0.2) is 0 Å². The summed E-state index contributed by atoms with van der Waals surface area (Å²) in [6.07, 6.45) is 1.75. The molecule has 0 aliphatic carbocycles. The van der Waals surface area contributed by atoms with Crippen LogP contribution in [0.1, 0.15) is 12.0 Å².